The number of amides is 2. The molecular weight excluding hydrogens is 342 g/mol. The van der Waals surface area contributed by atoms with Crippen molar-refractivity contribution in [2.24, 2.45) is 11.7 Å². The van der Waals surface area contributed by atoms with Gasteiger partial charge in [0, 0.05) is 31.7 Å². The molecule has 0 bridgehead atoms. The number of ether oxygens (including phenoxy) is 1. The fourth-order valence-corrected chi connectivity index (χ4v) is 2.89. The van der Waals surface area contributed by atoms with Gasteiger partial charge in [-0.1, -0.05) is 13.8 Å². The van der Waals surface area contributed by atoms with Crippen LogP contribution in [0.5, 0.6) is 5.75 Å². The molecule has 140 valence electrons. The second-order valence-electron chi connectivity index (χ2n) is 6.58. The zero-order valence-corrected chi connectivity index (χ0v) is 15.9. The van der Waals surface area contributed by atoms with E-state index in [9.17, 15) is 9.59 Å². The number of halogens is 1. The molecule has 1 aromatic rings. The number of nitrogens with two attached hydrogens (primary N) is 1. The third kappa shape index (κ3) is 5.61. The van der Waals surface area contributed by atoms with Gasteiger partial charge in [-0.05, 0) is 36.6 Å². The predicted octanol–water partition coefficient (Wildman–Crippen LogP) is 1.77. The molecule has 2 N–H and O–H groups in total. The van der Waals surface area contributed by atoms with Gasteiger partial charge in [0.25, 0.3) is 5.91 Å². The standard InChI is InChI=1S/C18H27N3O3.ClH/c1-13(2)12-16(19)18(23)21-10-8-20(9-11-21)17(22)14-4-6-15(24-3)7-5-14;/h4-7,13,16H,8-12,19H2,1-3H3;1H/t16-;/m0./s1. The summed E-state index contributed by atoms with van der Waals surface area (Å²) in [4.78, 5) is 28.4. The van der Waals surface area contributed by atoms with Crippen molar-refractivity contribution in [3.63, 3.8) is 0 Å². The lowest BCUT2D eigenvalue weighted by atomic mass is 10.0. The maximum absolute atomic E-state index is 12.5. The molecular formula is C18H28ClN3O3. The Balaban J connectivity index is 0.00000312. The lowest BCUT2D eigenvalue weighted by Crippen LogP contribution is -2.54. The first kappa shape index (κ1) is 21.3. The van der Waals surface area contributed by atoms with E-state index in [1.54, 1.807) is 41.2 Å². The summed E-state index contributed by atoms with van der Waals surface area (Å²) in [5, 5.41) is 0. The number of rotatable bonds is 5. The number of carbonyl (C=O) groups is 2. The molecule has 7 heteroatoms. The first-order valence-corrected chi connectivity index (χ1v) is 8.40. The Bertz CT molecular complexity index is 569. The molecule has 0 spiro atoms. The first-order chi connectivity index (χ1) is 11.4. The minimum atomic E-state index is -0.450. The SMILES string of the molecule is COc1ccc(C(=O)N2CCN(C(=O)[C@@H](N)CC(C)C)CC2)cc1.Cl. The molecule has 1 atom stereocenters. The molecule has 0 aromatic heterocycles. The van der Waals surface area contributed by atoms with Crippen LogP contribution < -0.4 is 10.5 Å². The van der Waals surface area contributed by atoms with Gasteiger partial charge in [0.15, 0.2) is 0 Å². The molecule has 6 nitrogen and oxygen atoms in total. The van der Waals surface area contributed by atoms with Crippen molar-refractivity contribution in [2.45, 2.75) is 26.3 Å². The van der Waals surface area contributed by atoms with Crippen LogP contribution in [0, 0.1) is 5.92 Å². The van der Waals surface area contributed by atoms with Crippen LogP contribution in [0.3, 0.4) is 0 Å². The largest absolute Gasteiger partial charge is 0.497 e. The van der Waals surface area contributed by atoms with E-state index in [2.05, 4.69) is 13.8 Å². The summed E-state index contributed by atoms with van der Waals surface area (Å²) >= 11 is 0. The average molecular weight is 370 g/mol. The molecule has 0 unspecified atom stereocenters. The molecule has 2 amide bonds. The molecule has 0 aliphatic carbocycles. The van der Waals surface area contributed by atoms with E-state index in [4.69, 9.17) is 10.5 Å². The topological polar surface area (TPSA) is 75.9 Å². The van der Waals surface area contributed by atoms with Crippen LogP contribution in [0.25, 0.3) is 0 Å². The third-order valence-corrected chi connectivity index (χ3v) is 4.26. The van der Waals surface area contributed by atoms with Gasteiger partial charge in [0.1, 0.15) is 5.75 Å². The minimum absolute atomic E-state index is 0. The zero-order valence-electron chi connectivity index (χ0n) is 15.1. The van der Waals surface area contributed by atoms with E-state index < -0.39 is 6.04 Å². The molecule has 1 fully saturated rings. The highest BCUT2D eigenvalue weighted by Gasteiger charge is 2.27. The zero-order chi connectivity index (χ0) is 17.7. The Morgan fingerprint density at radius 3 is 2.08 bits per heavy atom. The average Bonchev–Trinajstić information content (AvgIpc) is 2.60. The van der Waals surface area contributed by atoms with Crippen molar-refractivity contribution in [1.82, 2.24) is 9.80 Å². The lowest BCUT2D eigenvalue weighted by Gasteiger charge is -2.36. The van der Waals surface area contributed by atoms with E-state index in [1.807, 2.05) is 0 Å². The summed E-state index contributed by atoms with van der Waals surface area (Å²) in [5.41, 5.74) is 6.61. The summed E-state index contributed by atoms with van der Waals surface area (Å²) in [6, 6.07) is 6.62. The van der Waals surface area contributed by atoms with Gasteiger partial charge in [0.05, 0.1) is 13.2 Å². The number of piperazine rings is 1. The summed E-state index contributed by atoms with van der Waals surface area (Å²) in [7, 11) is 1.59. The summed E-state index contributed by atoms with van der Waals surface area (Å²) in [6.45, 7) is 6.24. The van der Waals surface area contributed by atoms with Crippen LogP contribution >= 0.6 is 12.4 Å². The molecule has 1 heterocycles. The fraction of sp³-hybridized carbons (Fsp3) is 0.556. The van der Waals surface area contributed by atoms with E-state index in [0.29, 0.717) is 44.1 Å². The van der Waals surface area contributed by atoms with Gasteiger partial charge in [0.2, 0.25) is 5.91 Å². The van der Waals surface area contributed by atoms with Gasteiger partial charge >= 0.3 is 0 Å². The predicted molar refractivity (Wildman–Crippen MR) is 100 cm³/mol. The van der Waals surface area contributed by atoms with Crippen molar-refractivity contribution in [1.29, 1.82) is 0 Å². The first-order valence-electron chi connectivity index (χ1n) is 8.40. The molecule has 1 aliphatic rings. The number of hydrogen-bond acceptors (Lipinski definition) is 4. The smallest absolute Gasteiger partial charge is 0.253 e. The number of hydrogen-bond donors (Lipinski definition) is 1. The molecule has 2 rings (SSSR count). The third-order valence-electron chi connectivity index (χ3n) is 4.26. The van der Waals surface area contributed by atoms with Gasteiger partial charge in [-0.2, -0.15) is 0 Å². The Morgan fingerprint density at radius 1 is 1.08 bits per heavy atom. The molecule has 1 aliphatic heterocycles. The summed E-state index contributed by atoms with van der Waals surface area (Å²) in [6.07, 6.45) is 0.684. The Labute approximate surface area is 155 Å². The molecule has 1 aromatic carbocycles. The van der Waals surface area contributed by atoms with Gasteiger partial charge in [-0.25, -0.2) is 0 Å². The van der Waals surface area contributed by atoms with Crippen LogP contribution in [0.1, 0.15) is 30.6 Å². The number of benzene rings is 1. The van der Waals surface area contributed by atoms with Crippen molar-refractivity contribution < 1.29 is 14.3 Å². The van der Waals surface area contributed by atoms with Crippen LogP contribution in [-0.2, 0) is 4.79 Å². The number of carbonyl (C=O) groups excluding carboxylic acids is 2. The van der Waals surface area contributed by atoms with Crippen molar-refractivity contribution in [3.8, 4) is 5.75 Å². The van der Waals surface area contributed by atoms with E-state index in [-0.39, 0.29) is 24.2 Å². The summed E-state index contributed by atoms with van der Waals surface area (Å²) in [5.74, 6) is 1.08. The lowest BCUT2D eigenvalue weighted by molar-refractivity contribution is -0.134. The quantitative estimate of drug-likeness (QED) is 0.858. The Kier molecular flexibility index (Phi) is 8.19. The van der Waals surface area contributed by atoms with Gasteiger partial charge < -0.3 is 20.3 Å². The maximum atomic E-state index is 12.5. The summed E-state index contributed by atoms with van der Waals surface area (Å²) < 4.78 is 5.10. The van der Waals surface area contributed by atoms with Crippen LogP contribution in [0.15, 0.2) is 24.3 Å². The molecule has 0 radical (unpaired) electrons. The fourth-order valence-electron chi connectivity index (χ4n) is 2.89. The van der Waals surface area contributed by atoms with Crippen LogP contribution in [0.2, 0.25) is 0 Å². The highest BCUT2D eigenvalue weighted by Crippen LogP contribution is 2.15. The van der Waals surface area contributed by atoms with Crippen LogP contribution in [0.4, 0.5) is 0 Å². The maximum Gasteiger partial charge on any atom is 0.253 e. The van der Waals surface area contributed by atoms with E-state index >= 15 is 0 Å². The second-order valence-corrected chi connectivity index (χ2v) is 6.58. The van der Waals surface area contributed by atoms with Gasteiger partial charge in [-0.15, -0.1) is 12.4 Å². The van der Waals surface area contributed by atoms with Crippen LogP contribution in [-0.4, -0.2) is 60.9 Å². The number of methoxy groups -OCH3 is 1. The second kappa shape index (κ2) is 9.63. The van der Waals surface area contributed by atoms with E-state index in [0.717, 1.165) is 5.75 Å². The normalized spacial score (nSPS) is 15.6. The molecule has 1 saturated heterocycles. The molecule has 0 saturated carbocycles. The van der Waals surface area contributed by atoms with Crippen molar-refractivity contribution >= 4 is 24.2 Å². The monoisotopic (exact) mass is 369 g/mol. The van der Waals surface area contributed by atoms with Crippen molar-refractivity contribution in [2.75, 3.05) is 33.3 Å². The Morgan fingerprint density at radius 2 is 1.60 bits per heavy atom. The van der Waals surface area contributed by atoms with E-state index in [1.165, 1.54) is 0 Å². The Hall–Kier alpha value is -1.79. The molecule has 25 heavy (non-hydrogen) atoms. The van der Waals surface area contributed by atoms with Gasteiger partial charge in [-0.3, -0.25) is 9.59 Å². The highest BCUT2D eigenvalue weighted by molar-refractivity contribution is 5.94. The minimum Gasteiger partial charge on any atom is -0.497 e. The van der Waals surface area contributed by atoms with Crippen molar-refractivity contribution in [3.05, 3.63) is 29.8 Å². The highest BCUT2D eigenvalue weighted by atomic mass is 35.5. The number of nitrogens with zero attached hydrogens (tertiary/aromatic N) is 2.